The van der Waals surface area contributed by atoms with Crippen molar-refractivity contribution in [3.63, 3.8) is 0 Å². The SMILES string of the molecule is O=C(O)C1CCC(NC(=O)N2CCOC(c3ccc(F)cc3Cl)C2)CC1. The predicted molar refractivity (Wildman–Crippen MR) is 93.6 cm³/mol. The van der Waals surface area contributed by atoms with Gasteiger partial charge in [-0.15, -0.1) is 0 Å². The van der Waals surface area contributed by atoms with Gasteiger partial charge in [0, 0.05) is 23.2 Å². The van der Waals surface area contributed by atoms with E-state index in [1.807, 2.05) is 0 Å². The molecule has 26 heavy (non-hydrogen) atoms. The number of aliphatic carboxylic acids is 1. The Labute approximate surface area is 156 Å². The average Bonchev–Trinajstić information content (AvgIpc) is 2.62. The number of carbonyl (C=O) groups is 2. The Balaban J connectivity index is 1.56. The maximum Gasteiger partial charge on any atom is 0.317 e. The van der Waals surface area contributed by atoms with Crippen LogP contribution in [0.2, 0.25) is 5.02 Å². The van der Waals surface area contributed by atoms with Crippen molar-refractivity contribution in [2.75, 3.05) is 19.7 Å². The third kappa shape index (κ3) is 4.45. The molecule has 0 bridgehead atoms. The van der Waals surface area contributed by atoms with E-state index in [0.717, 1.165) is 0 Å². The molecule has 2 amide bonds. The van der Waals surface area contributed by atoms with Gasteiger partial charge in [-0.1, -0.05) is 17.7 Å². The zero-order valence-corrected chi connectivity index (χ0v) is 15.0. The first kappa shape index (κ1) is 18.9. The van der Waals surface area contributed by atoms with Gasteiger partial charge >= 0.3 is 12.0 Å². The van der Waals surface area contributed by atoms with Crippen LogP contribution in [0.5, 0.6) is 0 Å². The van der Waals surface area contributed by atoms with Crippen LogP contribution >= 0.6 is 11.6 Å². The third-order valence-corrected chi connectivity index (χ3v) is 5.39. The quantitative estimate of drug-likeness (QED) is 0.838. The molecule has 1 saturated carbocycles. The summed E-state index contributed by atoms with van der Waals surface area (Å²) in [4.78, 5) is 25.2. The second kappa shape index (κ2) is 8.22. The van der Waals surface area contributed by atoms with E-state index in [-0.39, 0.29) is 23.0 Å². The van der Waals surface area contributed by atoms with Gasteiger partial charge in [0.1, 0.15) is 11.9 Å². The normalized spacial score (nSPS) is 26.4. The molecule has 142 valence electrons. The van der Waals surface area contributed by atoms with Gasteiger partial charge in [0.25, 0.3) is 0 Å². The first-order valence-corrected chi connectivity index (χ1v) is 9.16. The van der Waals surface area contributed by atoms with Gasteiger partial charge in [-0.05, 0) is 37.8 Å². The topological polar surface area (TPSA) is 78.9 Å². The van der Waals surface area contributed by atoms with Gasteiger partial charge in [-0.25, -0.2) is 9.18 Å². The average molecular weight is 385 g/mol. The summed E-state index contributed by atoms with van der Waals surface area (Å²) in [6.07, 6.45) is 2.10. The fourth-order valence-corrected chi connectivity index (χ4v) is 3.82. The molecule has 0 radical (unpaired) electrons. The standard InChI is InChI=1S/C18H22ClFN2O4/c19-15-9-12(20)3-6-14(15)16-10-22(7-8-26-16)18(25)21-13-4-1-11(2-5-13)17(23)24/h3,6,9,11,13,16H,1-2,4-5,7-8,10H2,(H,21,25)(H,23,24). The summed E-state index contributed by atoms with van der Waals surface area (Å²) in [6.45, 7) is 1.17. The number of morpholine rings is 1. The molecule has 2 N–H and O–H groups in total. The lowest BCUT2D eigenvalue weighted by atomic mass is 9.86. The molecule has 1 aliphatic heterocycles. The number of nitrogens with zero attached hydrogens (tertiary/aromatic N) is 1. The molecule has 6 nitrogen and oxygen atoms in total. The number of rotatable bonds is 3. The largest absolute Gasteiger partial charge is 0.481 e. The lowest BCUT2D eigenvalue weighted by Crippen LogP contribution is -2.50. The van der Waals surface area contributed by atoms with Crippen LogP contribution in [0.25, 0.3) is 0 Å². The van der Waals surface area contributed by atoms with Crippen molar-refractivity contribution in [1.29, 1.82) is 0 Å². The molecule has 0 aromatic heterocycles. The maximum atomic E-state index is 13.2. The fourth-order valence-electron chi connectivity index (χ4n) is 3.54. The van der Waals surface area contributed by atoms with Crippen LogP contribution in [0, 0.1) is 11.7 Å². The number of hydrogen-bond donors (Lipinski definition) is 2. The number of carboxylic acid groups (broad SMARTS) is 1. The molecule has 0 spiro atoms. The van der Waals surface area contributed by atoms with E-state index < -0.39 is 17.9 Å². The van der Waals surface area contributed by atoms with Crippen molar-refractivity contribution in [2.24, 2.45) is 5.92 Å². The van der Waals surface area contributed by atoms with E-state index in [4.69, 9.17) is 21.4 Å². The Morgan fingerprint density at radius 3 is 2.65 bits per heavy atom. The molecule has 2 fully saturated rings. The van der Waals surface area contributed by atoms with Gasteiger partial charge in [-0.3, -0.25) is 4.79 Å². The van der Waals surface area contributed by atoms with Crippen molar-refractivity contribution < 1.29 is 23.8 Å². The van der Waals surface area contributed by atoms with Crippen molar-refractivity contribution >= 4 is 23.6 Å². The van der Waals surface area contributed by atoms with Gasteiger partial charge in [-0.2, -0.15) is 0 Å². The van der Waals surface area contributed by atoms with E-state index in [9.17, 15) is 14.0 Å². The van der Waals surface area contributed by atoms with E-state index in [2.05, 4.69) is 5.32 Å². The molecule has 1 aromatic rings. The number of amides is 2. The first-order valence-electron chi connectivity index (χ1n) is 8.79. The number of benzene rings is 1. The van der Waals surface area contributed by atoms with Crippen molar-refractivity contribution in [3.8, 4) is 0 Å². The van der Waals surface area contributed by atoms with Gasteiger partial charge < -0.3 is 20.1 Å². The third-order valence-electron chi connectivity index (χ3n) is 5.07. The molecule has 1 saturated heterocycles. The Kier molecular flexibility index (Phi) is 5.98. The summed E-state index contributed by atoms with van der Waals surface area (Å²) in [6, 6.07) is 3.95. The predicted octanol–water partition coefficient (Wildman–Crippen LogP) is 3.21. The highest BCUT2D eigenvalue weighted by molar-refractivity contribution is 6.31. The Bertz CT molecular complexity index is 679. The number of nitrogens with one attached hydrogen (secondary N) is 1. The van der Waals surface area contributed by atoms with Crippen LogP contribution in [-0.4, -0.2) is 47.7 Å². The van der Waals surface area contributed by atoms with Crippen molar-refractivity contribution in [1.82, 2.24) is 10.2 Å². The molecule has 1 atom stereocenters. The van der Waals surface area contributed by atoms with E-state index in [1.54, 1.807) is 11.0 Å². The summed E-state index contributed by atoms with van der Waals surface area (Å²) in [7, 11) is 0. The van der Waals surface area contributed by atoms with Crippen LogP contribution in [0.4, 0.5) is 9.18 Å². The number of carboxylic acids is 1. The van der Waals surface area contributed by atoms with Gasteiger partial charge in [0.05, 0.1) is 19.1 Å². The number of carbonyl (C=O) groups excluding carboxylic acids is 1. The van der Waals surface area contributed by atoms with E-state index in [0.29, 0.717) is 50.9 Å². The Morgan fingerprint density at radius 2 is 2.00 bits per heavy atom. The lowest BCUT2D eigenvalue weighted by Gasteiger charge is -2.35. The summed E-state index contributed by atoms with van der Waals surface area (Å²) < 4.78 is 18.9. The highest BCUT2D eigenvalue weighted by Crippen LogP contribution is 2.29. The molecule has 1 heterocycles. The molecule has 1 aliphatic carbocycles. The van der Waals surface area contributed by atoms with Crippen LogP contribution in [0.15, 0.2) is 18.2 Å². The zero-order chi connectivity index (χ0) is 18.7. The number of ether oxygens (including phenoxy) is 1. The fraction of sp³-hybridized carbons (Fsp3) is 0.556. The Morgan fingerprint density at radius 1 is 1.27 bits per heavy atom. The summed E-state index contributed by atoms with van der Waals surface area (Å²) in [5.41, 5.74) is 0.660. The lowest BCUT2D eigenvalue weighted by molar-refractivity contribution is -0.142. The molecule has 3 rings (SSSR count). The molecule has 2 aliphatic rings. The summed E-state index contributed by atoms with van der Waals surface area (Å²) in [5, 5.41) is 12.3. The monoisotopic (exact) mass is 384 g/mol. The smallest absolute Gasteiger partial charge is 0.317 e. The molecular formula is C18H22ClFN2O4. The summed E-state index contributed by atoms with van der Waals surface area (Å²) in [5.74, 6) is -1.49. The minimum absolute atomic E-state index is 0.00574. The maximum absolute atomic E-state index is 13.2. The van der Waals surface area contributed by atoms with E-state index >= 15 is 0 Å². The van der Waals surface area contributed by atoms with Crippen molar-refractivity contribution in [3.05, 3.63) is 34.6 Å². The first-order chi connectivity index (χ1) is 12.4. The van der Waals surface area contributed by atoms with Gasteiger partial charge in [0.15, 0.2) is 0 Å². The molecule has 8 heteroatoms. The second-order valence-electron chi connectivity index (χ2n) is 6.81. The Hall–Kier alpha value is -1.86. The summed E-state index contributed by atoms with van der Waals surface area (Å²) >= 11 is 6.10. The minimum Gasteiger partial charge on any atom is -0.481 e. The number of urea groups is 1. The van der Waals surface area contributed by atoms with Crippen molar-refractivity contribution in [2.45, 2.75) is 37.8 Å². The number of halogens is 2. The van der Waals surface area contributed by atoms with E-state index in [1.165, 1.54) is 12.1 Å². The van der Waals surface area contributed by atoms with Crippen LogP contribution in [0.1, 0.15) is 37.4 Å². The molecular weight excluding hydrogens is 363 g/mol. The number of hydrogen-bond acceptors (Lipinski definition) is 3. The van der Waals surface area contributed by atoms with Crippen LogP contribution in [-0.2, 0) is 9.53 Å². The highest BCUT2D eigenvalue weighted by Gasteiger charge is 2.30. The highest BCUT2D eigenvalue weighted by atomic mass is 35.5. The second-order valence-corrected chi connectivity index (χ2v) is 7.21. The van der Waals surface area contributed by atoms with Gasteiger partial charge in [0.2, 0.25) is 0 Å². The van der Waals surface area contributed by atoms with Crippen LogP contribution < -0.4 is 5.32 Å². The molecule has 1 unspecified atom stereocenters. The minimum atomic E-state index is -0.762. The zero-order valence-electron chi connectivity index (χ0n) is 14.3. The van der Waals surface area contributed by atoms with Crippen LogP contribution in [0.3, 0.4) is 0 Å². The molecule has 1 aromatic carbocycles.